The highest BCUT2D eigenvalue weighted by Crippen LogP contribution is 2.26. The fraction of sp³-hybridized carbons (Fsp3) is 0.333. The molecular weight excluding hydrogens is 247 g/mol. The number of hydrogen-bond donors (Lipinski definition) is 0. The number of carbonyl (C=O) groups is 1. The van der Waals surface area contributed by atoms with Crippen molar-refractivity contribution < 1.29 is 22.7 Å². The molecule has 1 aromatic rings. The van der Waals surface area contributed by atoms with Crippen molar-refractivity contribution in [3.05, 3.63) is 28.3 Å². The zero-order valence-corrected chi connectivity index (χ0v) is 8.89. The second-order valence-electron chi connectivity index (χ2n) is 2.85. The van der Waals surface area contributed by atoms with Crippen molar-refractivity contribution in [2.45, 2.75) is 12.8 Å². The molecule has 0 radical (unpaired) electrons. The van der Waals surface area contributed by atoms with Crippen LogP contribution in [-0.4, -0.2) is 18.1 Å². The van der Waals surface area contributed by atoms with Crippen LogP contribution in [0.1, 0.15) is 17.7 Å². The molecule has 0 fully saturated rings. The molecule has 0 aliphatic rings. The number of pyridine rings is 1. The van der Waals surface area contributed by atoms with Gasteiger partial charge in [-0.2, -0.15) is 0 Å². The summed E-state index contributed by atoms with van der Waals surface area (Å²) in [5, 5.41) is -0.296. The van der Waals surface area contributed by atoms with Crippen LogP contribution in [0.3, 0.4) is 0 Å². The molecule has 0 amide bonds. The Hall–Kier alpha value is -1.30. The fourth-order valence-corrected chi connectivity index (χ4v) is 1.27. The number of aromatic nitrogens is 1. The van der Waals surface area contributed by atoms with Gasteiger partial charge in [-0.1, -0.05) is 11.6 Å². The molecule has 0 saturated heterocycles. The molecule has 0 saturated carbocycles. The molecule has 0 N–H and O–H groups in total. The van der Waals surface area contributed by atoms with Gasteiger partial charge in [0.25, 0.3) is 6.43 Å². The Kier molecular flexibility index (Phi) is 4.12. The number of halogens is 4. The number of methoxy groups -OCH3 is 1. The lowest BCUT2D eigenvalue weighted by atomic mass is 10.2. The summed E-state index contributed by atoms with van der Waals surface area (Å²) in [7, 11) is 1.10. The first-order valence-electron chi connectivity index (χ1n) is 4.15. The average molecular weight is 254 g/mol. The number of nitrogens with zero attached hydrogens (tertiary/aromatic N) is 1. The summed E-state index contributed by atoms with van der Waals surface area (Å²) in [6.07, 6.45) is -3.56. The lowest BCUT2D eigenvalue weighted by Crippen LogP contribution is -2.10. The van der Waals surface area contributed by atoms with Gasteiger partial charge in [0.05, 0.1) is 24.8 Å². The zero-order chi connectivity index (χ0) is 12.3. The molecule has 1 aromatic heterocycles. The van der Waals surface area contributed by atoms with Gasteiger partial charge in [0.2, 0.25) is 0 Å². The minimum Gasteiger partial charge on any atom is -0.469 e. The molecule has 0 atom stereocenters. The summed E-state index contributed by atoms with van der Waals surface area (Å²) < 4.78 is 42.4. The number of carbonyl (C=O) groups excluding carboxylic acids is 1. The largest absolute Gasteiger partial charge is 0.469 e. The van der Waals surface area contributed by atoms with Gasteiger partial charge in [0.15, 0.2) is 5.82 Å². The zero-order valence-electron chi connectivity index (χ0n) is 8.14. The normalized spacial score (nSPS) is 10.6. The molecule has 7 heteroatoms. The predicted octanol–water partition coefficient (Wildman–Crippen LogP) is 2.53. The van der Waals surface area contributed by atoms with Gasteiger partial charge in [-0.05, 0) is 6.07 Å². The quantitative estimate of drug-likeness (QED) is 0.614. The Bertz CT molecular complexity index is 412. The van der Waals surface area contributed by atoms with Crippen molar-refractivity contribution in [3.8, 4) is 0 Å². The summed E-state index contributed by atoms with van der Waals surface area (Å²) in [4.78, 5) is 14.3. The van der Waals surface area contributed by atoms with E-state index in [-0.39, 0.29) is 5.15 Å². The van der Waals surface area contributed by atoms with E-state index >= 15 is 0 Å². The Morgan fingerprint density at radius 1 is 1.62 bits per heavy atom. The summed E-state index contributed by atoms with van der Waals surface area (Å²) in [6.45, 7) is 0. The van der Waals surface area contributed by atoms with Crippen LogP contribution in [0.2, 0.25) is 5.15 Å². The molecule has 88 valence electrons. The second-order valence-corrected chi connectivity index (χ2v) is 3.24. The van der Waals surface area contributed by atoms with E-state index in [0.717, 1.165) is 13.2 Å². The van der Waals surface area contributed by atoms with Gasteiger partial charge in [0, 0.05) is 0 Å². The van der Waals surface area contributed by atoms with Crippen LogP contribution in [0.15, 0.2) is 6.07 Å². The van der Waals surface area contributed by atoms with Gasteiger partial charge < -0.3 is 4.74 Å². The first-order chi connectivity index (χ1) is 7.45. The molecule has 0 spiro atoms. The first-order valence-corrected chi connectivity index (χ1v) is 4.53. The van der Waals surface area contributed by atoms with Gasteiger partial charge in [-0.25, -0.2) is 18.2 Å². The van der Waals surface area contributed by atoms with Crippen LogP contribution in [-0.2, 0) is 16.0 Å². The molecule has 1 heterocycles. The molecule has 0 aliphatic heterocycles. The van der Waals surface area contributed by atoms with Crippen LogP contribution < -0.4 is 0 Å². The van der Waals surface area contributed by atoms with E-state index in [9.17, 15) is 18.0 Å². The third kappa shape index (κ3) is 2.85. The molecular formula is C9H7ClF3NO2. The van der Waals surface area contributed by atoms with E-state index in [1.54, 1.807) is 0 Å². The first kappa shape index (κ1) is 12.8. The molecule has 0 bridgehead atoms. The Morgan fingerprint density at radius 2 is 2.25 bits per heavy atom. The smallest absolute Gasteiger partial charge is 0.311 e. The third-order valence-corrected chi connectivity index (χ3v) is 1.99. The van der Waals surface area contributed by atoms with Crippen LogP contribution >= 0.6 is 11.6 Å². The summed E-state index contributed by atoms with van der Waals surface area (Å²) >= 11 is 5.43. The molecule has 3 nitrogen and oxygen atoms in total. The molecule has 16 heavy (non-hydrogen) atoms. The van der Waals surface area contributed by atoms with Crippen molar-refractivity contribution in [1.29, 1.82) is 0 Å². The number of ether oxygens (including phenoxy) is 1. The van der Waals surface area contributed by atoms with Crippen molar-refractivity contribution in [1.82, 2.24) is 4.98 Å². The highest BCUT2D eigenvalue weighted by molar-refractivity contribution is 6.29. The molecule has 0 aliphatic carbocycles. The highest BCUT2D eigenvalue weighted by Gasteiger charge is 2.20. The maximum Gasteiger partial charge on any atom is 0.311 e. The topological polar surface area (TPSA) is 39.2 Å². The second kappa shape index (κ2) is 5.16. The van der Waals surface area contributed by atoms with Crippen LogP contribution in [0.5, 0.6) is 0 Å². The van der Waals surface area contributed by atoms with Crippen LogP contribution in [0, 0.1) is 5.82 Å². The van der Waals surface area contributed by atoms with Crippen LogP contribution in [0.4, 0.5) is 13.2 Å². The van der Waals surface area contributed by atoms with Gasteiger partial charge in [-0.15, -0.1) is 0 Å². The highest BCUT2D eigenvalue weighted by atomic mass is 35.5. The van der Waals surface area contributed by atoms with E-state index in [1.807, 2.05) is 0 Å². The maximum absolute atomic E-state index is 13.4. The molecule has 1 rings (SSSR count). The van der Waals surface area contributed by atoms with Crippen molar-refractivity contribution >= 4 is 17.6 Å². The van der Waals surface area contributed by atoms with E-state index in [1.165, 1.54) is 0 Å². The van der Waals surface area contributed by atoms with Gasteiger partial charge >= 0.3 is 5.97 Å². The predicted molar refractivity (Wildman–Crippen MR) is 49.9 cm³/mol. The number of esters is 1. The van der Waals surface area contributed by atoms with E-state index in [0.29, 0.717) is 0 Å². The lowest BCUT2D eigenvalue weighted by molar-refractivity contribution is -0.139. The Labute approximate surface area is 94.2 Å². The van der Waals surface area contributed by atoms with E-state index in [2.05, 4.69) is 9.72 Å². The minimum absolute atomic E-state index is 0.296. The number of rotatable bonds is 3. The standard InChI is InChI=1S/C9H7ClF3NO2/c1-16-7(15)3-5-8(11)4(9(12)13)2-6(10)14-5/h2,9H,3H2,1H3. The fourth-order valence-electron chi connectivity index (χ4n) is 1.05. The minimum atomic E-state index is -3.02. The van der Waals surface area contributed by atoms with Crippen molar-refractivity contribution in [2.75, 3.05) is 7.11 Å². The SMILES string of the molecule is COC(=O)Cc1nc(Cl)cc(C(F)F)c1F. The van der Waals surface area contributed by atoms with Gasteiger partial charge in [-0.3, -0.25) is 4.79 Å². The molecule has 0 unspecified atom stereocenters. The van der Waals surface area contributed by atoms with E-state index in [4.69, 9.17) is 11.6 Å². The maximum atomic E-state index is 13.4. The summed E-state index contributed by atoms with van der Waals surface area (Å²) in [5.41, 5.74) is -1.33. The van der Waals surface area contributed by atoms with Crippen LogP contribution in [0.25, 0.3) is 0 Å². The lowest BCUT2D eigenvalue weighted by Gasteiger charge is -2.07. The number of alkyl halides is 2. The summed E-state index contributed by atoms with van der Waals surface area (Å²) in [5.74, 6) is -2.02. The van der Waals surface area contributed by atoms with Crippen molar-refractivity contribution in [3.63, 3.8) is 0 Å². The average Bonchev–Trinajstić information content (AvgIpc) is 2.22. The number of hydrogen-bond acceptors (Lipinski definition) is 3. The summed E-state index contributed by atoms with van der Waals surface area (Å²) in [6, 6.07) is 0.725. The van der Waals surface area contributed by atoms with E-state index < -0.39 is 35.9 Å². The Morgan fingerprint density at radius 3 is 2.75 bits per heavy atom. The molecule has 0 aromatic carbocycles. The monoisotopic (exact) mass is 253 g/mol. The van der Waals surface area contributed by atoms with Gasteiger partial charge in [0.1, 0.15) is 5.15 Å². The van der Waals surface area contributed by atoms with Crippen molar-refractivity contribution in [2.24, 2.45) is 0 Å². The third-order valence-electron chi connectivity index (χ3n) is 1.80. The Balaban J connectivity index is 3.14.